The second-order valence-corrected chi connectivity index (χ2v) is 9.34. The van der Waals surface area contributed by atoms with Crippen molar-refractivity contribution in [2.75, 3.05) is 25.6 Å². The lowest BCUT2D eigenvalue weighted by Gasteiger charge is -2.28. The predicted molar refractivity (Wildman–Crippen MR) is 72.8 cm³/mol. The Hall–Kier alpha value is 0.397. The first-order valence-electron chi connectivity index (χ1n) is 5.76. The highest BCUT2D eigenvalue weighted by Crippen LogP contribution is 2.19. The average molecular weight is 302 g/mol. The van der Waals surface area contributed by atoms with Gasteiger partial charge in [0.2, 0.25) is 0 Å². The Morgan fingerprint density at radius 3 is 1.71 bits per heavy atom. The molecular formula is C9H22O5S2Si. The van der Waals surface area contributed by atoms with Crippen LogP contribution in [-0.4, -0.2) is 42.8 Å². The van der Waals surface area contributed by atoms with Crippen molar-refractivity contribution in [2.24, 2.45) is 0 Å². The van der Waals surface area contributed by atoms with Gasteiger partial charge in [-0.15, -0.1) is 0 Å². The summed E-state index contributed by atoms with van der Waals surface area (Å²) in [6.45, 7) is 7.11. The molecule has 0 unspecified atom stereocenters. The number of hydrogen-bond acceptors (Lipinski definition) is 5. The Morgan fingerprint density at radius 1 is 1.00 bits per heavy atom. The highest BCUT2D eigenvalue weighted by Gasteiger charge is 2.39. The first-order chi connectivity index (χ1) is 7.89. The van der Waals surface area contributed by atoms with Gasteiger partial charge in [-0.05, 0) is 38.9 Å². The fourth-order valence-corrected chi connectivity index (χ4v) is 5.24. The van der Waals surface area contributed by atoms with Gasteiger partial charge in [-0.25, -0.2) is 8.42 Å². The van der Waals surface area contributed by atoms with Crippen molar-refractivity contribution in [1.29, 1.82) is 0 Å². The van der Waals surface area contributed by atoms with E-state index in [0.717, 1.165) is 0 Å². The fourth-order valence-electron chi connectivity index (χ4n) is 1.47. The summed E-state index contributed by atoms with van der Waals surface area (Å²) in [6, 6.07) is 0.502. The zero-order valence-corrected chi connectivity index (χ0v) is 13.4. The van der Waals surface area contributed by atoms with Crippen LogP contribution in [0.2, 0.25) is 6.04 Å². The summed E-state index contributed by atoms with van der Waals surface area (Å²) in [7, 11) is -5.94. The summed E-state index contributed by atoms with van der Waals surface area (Å²) in [5, 5.41) is 0. The quantitative estimate of drug-likeness (QED) is 0.378. The largest absolute Gasteiger partial charge is 0.500 e. The third kappa shape index (κ3) is 8.17. The van der Waals surface area contributed by atoms with E-state index in [0.29, 0.717) is 32.3 Å². The lowest BCUT2D eigenvalue weighted by atomic mass is 10.6. The van der Waals surface area contributed by atoms with E-state index in [1.54, 1.807) is 0 Å². The summed E-state index contributed by atoms with van der Waals surface area (Å²) >= 11 is 3.51. The molecule has 0 fully saturated rings. The van der Waals surface area contributed by atoms with Crippen LogP contribution in [0.5, 0.6) is 0 Å². The van der Waals surface area contributed by atoms with Crippen LogP contribution in [0.3, 0.4) is 0 Å². The molecule has 0 aromatic rings. The SMILES string of the molecule is CCO[Si](CCCS(=O)(=O)S)(OCC)OCC. The van der Waals surface area contributed by atoms with E-state index in [1.807, 2.05) is 20.8 Å². The summed E-state index contributed by atoms with van der Waals surface area (Å²) in [4.78, 5) is 0. The Labute approximate surface area is 110 Å². The van der Waals surface area contributed by atoms with E-state index in [9.17, 15) is 8.42 Å². The molecule has 0 rings (SSSR count). The van der Waals surface area contributed by atoms with Gasteiger partial charge in [0.1, 0.15) is 0 Å². The van der Waals surface area contributed by atoms with Crippen LogP contribution in [0.15, 0.2) is 0 Å². The molecule has 104 valence electrons. The molecule has 0 aliphatic carbocycles. The smallest absolute Gasteiger partial charge is 0.374 e. The van der Waals surface area contributed by atoms with Gasteiger partial charge in [0.25, 0.3) is 0 Å². The van der Waals surface area contributed by atoms with Crippen LogP contribution in [0, 0.1) is 0 Å². The minimum Gasteiger partial charge on any atom is -0.374 e. The van der Waals surface area contributed by atoms with E-state index in [1.165, 1.54) is 0 Å². The maximum Gasteiger partial charge on any atom is 0.500 e. The molecule has 0 radical (unpaired) electrons. The molecule has 0 amide bonds. The van der Waals surface area contributed by atoms with Gasteiger partial charge in [-0.2, -0.15) is 0 Å². The first-order valence-corrected chi connectivity index (χ1v) is 10.4. The summed E-state index contributed by atoms with van der Waals surface area (Å²) in [5.41, 5.74) is 0. The maximum absolute atomic E-state index is 10.9. The Kier molecular flexibility index (Phi) is 8.69. The molecule has 0 aromatic heterocycles. The van der Waals surface area contributed by atoms with Gasteiger partial charge < -0.3 is 13.3 Å². The molecular weight excluding hydrogens is 280 g/mol. The molecule has 8 heteroatoms. The van der Waals surface area contributed by atoms with Crippen LogP contribution < -0.4 is 0 Å². The lowest BCUT2D eigenvalue weighted by Crippen LogP contribution is -2.46. The van der Waals surface area contributed by atoms with Gasteiger partial charge in [0.05, 0.1) is 5.75 Å². The molecule has 0 atom stereocenters. The molecule has 0 heterocycles. The van der Waals surface area contributed by atoms with Crippen LogP contribution >= 0.6 is 11.7 Å². The number of hydrogen-bond donors (Lipinski definition) is 1. The van der Waals surface area contributed by atoms with Crippen LogP contribution in [0.1, 0.15) is 27.2 Å². The zero-order chi connectivity index (χ0) is 13.4. The molecule has 0 saturated heterocycles. The van der Waals surface area contributed by atoms with Crippen LogP contribution in [0.25, 0.3) is 0 Å². The van der Waals surface area contributed by atoms with Crippen molar-refractivity contribution in [3.8, 4) is 0 Å². The molecule has 5 nitrogen and oxygen atoms in total. The number of rotatable bonds is 10. The predicted octanol–water partition coefficient (Wildman–Crippen LogP) is 1.68. The minimum absolute atomic E-state index is 0.0120. The second kappa shape index (κ2) is 8.49. The van der Waals surface area contributed by atoms with Gasteiger partial charge in [0.15, 0.2) is 8.87 Å². The van der Waals surface area contributed by atoms with Crippen molar-refractivity contribution in [1.82, 2.24) is 0 Å². The second-order valence-electron chi connectivity index (χ2n) is 3.37. The van der Waals surface area contributed by atoms with E-state index < -0.39 is 17.7 Å². The van der Waals surface area contributed by atoms with Crippen molar-refractivity contribution in [3.63, 3.8) is 0 Å². The maximum atomic E-state index is 10.9. The van der Waals surface area contributed by atoms with Gasteiger partial charge >= 0.3 is 8.80 Å². The third-order valence-electron chi connectivity index (χ3n) is 1.98. The van der Waals surface area contributed by atoms with Crippen molar-refractivity contribution in [3.05, 3.63) is 0 Å². The minimum atomic E-state index is -3.24. The molecule has 0 saturated carbocycles. The van der Waals surface area contributed by atoms with E-state index in [4.69, 9.17) is 13.3 Å². The van der Waals surface area contributed by atoms with Gasteiger partial charge in [-0.1, -0.05) is 0 Å². The molecule has 0 spiro atoms. The highest BCUT2D eigenvalue weighted by molar-refractivity contribution is 8.63. The highest BCUT2D eigenvalue weighted by atomic mass is 33.1. The lowest BCUT2D eigenvalue weighted by molar-refractivity contribution is 0.0712. The monoisotopic (exact) mass is 302 g/mol. The van der Waals surface area contributed by atoms with Gasteiger partial charge in [-0.3, -0.25) is 0 Å². The molecule has 0 bridgehead atoms. The van der Waals surface area contributed by atoms with Crippen molar-refractivity contribution in [2.45, 2.75) is 33.2 Å². The molecule has 0 aliphatic rings. The summed E-state index contributed by atoms with van der Waals surface area (Å²) in [5.74, 6) is 0.0120. The molecule has 17 heavy (non-hydrogen) atoms. The summed E-state index contributed by atoms with van der Waals surface area (Å²) in [6.07, 6.45) is 0.443. The Balaban J connectivity index is 4.43. The fraction of sp³-hybridized carbons (Fsp3) is 1.00. The summed E-state index contributed by atoms with van der Waals surface area (Å²) < 4.78 is 38.7. The van der Waals surface area contributed by atoms with Crippen molar-refractivity contribution >= 4 is 29.3 Å². The van der Waals surface area contributed by atoms with Crippen molar-refractivity contribution < 1.29 is 21.7 Å². The third-order valence-corrected chi connectivity index (χ3v) is 6.48. The topological polar surface area (TPSA) is 61.8 Å². The Morgan fingerprint density at radius 2 is 1.41 bits per heavy atom. The van der Waals surface area contributed by atoms with Crippen LogP contribution in [-0.2, 0) is 22.1 Å². The van der Waals surface area contributed by atoms with E-state index in [2.05, 4.69) is 11.7 Å². The first kappa shape index (κ1) is 17.4. The normalized spacial score (nSPS) is 12.9. The van der Waals surface area contributed by atoms with E-state index >= 15 is 0 Å². The average Bonchev–Trinajstić information content (AvgIpc) is 2.16. The molecule has 0 aromatic carbocycles. The van der Waals surface area contributed by atoms with Gasteiger partial charge in [0, 0.05) is 25.9 Å². The van der Waals surface area contributed by atoms with E-state index in [-0.39, 0.29) is 5.75 Å². The standard InChI is InChI=1S/C9H22O5S2Si/c1-4-12-17(13-5-2,14-6-3)9-7-8-16(10,11)15/h4-9H2,1-3H3,(H,10,11,15). The zero-order valence-electron chi connectivity index (χ0n) is 10.6. The van der Waals surface area contributed by atoms with Crippen LogP contribution in [0.4, 0.5) is 0 Å². The number of thiol groups is 1. The Bertz CT molecular complexity index is 277. The molecule has 0 aliphatic heterocycles. The molecule has 0 N–H and O–H groups in total.